The molecule has 0 saturated carbocycles. The van der Waals surface area contributed by atoms with Crippen LogP contribution in [0.5, 0.6) is 0 Å². The smallest absolute Gasteiger partial charge is 0.0472 e. The number of hydrogen-bond donors (Lipinski definition) is 1. The van der Waals surface area contributed by atoms with Crippen molar-refractivity contribution in [2.45, 2.75) is 13.8 Å². The Balaban J connectivity index is 3.25. The Morgan fingerprint density at radius 3 is 2.91 bits per heavy atom. The lowest BCUT2D eigenvalue weighted by molar-refractivity contribution is 0.997. The van der Waals surface area contributed by atoms with Crippen LogP contribution in [0.1, 0.15) is 11.3 Å². The predicted molar refractivity (Wildman–Crippen MR) is 45.7 cm³/mol. The van der Waals surface area contributed by atoms with E-state index in [1.54, 1.807) is 6.20 Å². The highest BCUT2D eigenvalue weighted by Crippen LogP contribution is 1.93. The van der Waals surface area contributed by atoms with E-state index in [9.17, 15) is 0 Å². The molecule has 0 unspecified atom stereocenters. The number of H-pyrrole nitrogens is 1. The summed E-state index contributed by atoms with van der Waals surface area (Å²) in [6.45, 7) is 4.04. The fourth-order valence-electron chi connectivity index (χ4n) is 0.861. The molecule has 1 N–H and O–H groups in total. The molecule has 2 nitrogen and oxygen atoms in total. The van der Waals surface area contributed by atoms with Gasteiger partial charge in [0.2, 0.25) is 0 Å². The molecule has 0 spiro atoms. The lowest BCUT2D eigenvalue weighted by Gasteiger charge is -1.85. The van der Waals surface area contributed by atoms with E-state index in [1.807, 2.05) is 31.2 Å². The summed E-state index contributed by atoms with van der Waals surface area (Å²) >= 11 is 0. The van der Waals surface area contributed by atoms with Crippen LogP contribution in [0.2, 0.25) is 0 Å². The van der Waals surface area contributed by atoms with Gasteiger partial charge in [0.05, 0.1) is 0 Å². The van der Waals surface area contributed by atoms with Crippen LogP contribution in [0.4, 0.5) is 0 Å². The molecule has 2 heteroatoms. The molecule has 0 aliphatic rings. The Bertz CT molecular complexity index is 248. The second-order valence-electron chi connectivity index (χ2n) is 2.51. The van der Waals surface area contributed by atoms with E-state index in [0.29, 0.717) is 0 Å². The molecule has 1 aromatic heterocycles. The van der Waals surface area contributed by atoms with Crippen molar-refractivity contribution in [3.8, 4) is 0 Å². The summed E-state index contributed by atoms with van der Waals surface area (Å²) in [5, 5.41) is 6.84. The number of nitrogens with one attached hydrogen (secondary N) is 1. The molecule has 0 fully saturated rings. The van der Waals surface area contributed by atoms with Crippen molar-refractivity contribution in [3.05, 3.63) is 41.7 Å². The third-order valence-corrected chi connectivity index (χ3v) is 1.32. The first-order chi connectivity index (χ1) is 5.29. The Labute approximate surface area is 66.6 Å². The number of rotatable bonds is 0. The monoisotopic (exact) mass is 148 g/mol. The lowest BCUT2D eigenvalue weighted by Crippen LogP contribution is -1.77. The Morgan fingerprint density at radius 2 is 2.09 bits per heavy atom. The fourth-order valence-corrected chi connectivity index (χ4v) is 0.861. The van der Waals surface area contributed by atoms with Gasteiger partial charge in [0.1, 0.15) is 0 Å². The van der Waals surface area contributed by atoms with Gasteiger partial charge in [-0.1, -0.05) is 12.1 Å². The van der Waals surface area contributed by atoms with Crippen LogP contribution in [-0.4, -0.2) is 10.2 Å². The van der Waals surface area contributed by atoms with Gasteiger partial charge in [-0.15, -0.1) is 0 Å². The largest absolute Gasteiger partial charge is 0.283 e. The summed E-state index contributed by atoms with van der Waals surface area (Å²) in [6.07, 6.45) is 1.73. The highest BCUT2D eigenvalue weighted by Gasteiger charge is 1.78. The molecule has 11 heavy (non-hydrogen) atoms. The quantitative estimate of drug-likeness (QED) is 0.600. The molecule has 1 heterocycles. The highest BCUT2D eigenvalue weighted by atomic mass is 15.1. The lowest BCUT2D eigenvalue weighted by atomic mass is 10.3. The summed E-state index contributed by atoms with van der Waals surface area (Å²) in [6, 6.07) is 7.95. The fraction of sp³-hybridized carbons (Fsp3) is 0.222. The molecule has 0 aromatic carbocycles. The van der Waals surface area contributed by atoms with Gasteiger partial charge >= 0.3 is 0 Å². The van der Waals surface area contributed by atoms with Gasteiger partial charge in [0.15, 0.2) is 0 Å². The van der Waals surface area contributed by atoms with Crippen LogP contribution in [0.15, 0.2) is 30.5 Å². The third-order valence-electron chi connectivity index (χ3n) is 1.32. The average molecular weight is 148 g/mol. The van der Waals surface area contributed by atoms with Crippen LogP contribution in [0, 0.1) is 13.8 Å². The van der Waals surface area contributed by atoms with Crippen molar-refractivity contribution >= 4 is 0 Å². The molecule has 1 aromatic rings. The number of aryl methyl sites for hydroxylation is 2. The van der Waals surface area contributed by atoms with Gasteiger partial charge in [-0.2, -0.15) is 5.10 Å². The normalized spacial score (nSPS) is 8.91. The molecule has 0 bridgehead atoms. The van der Waals surface area contributed by atoms with Crippen LogP contribution >= 0.6 is 0 Å². The number of nitrogens with zero attached hydrogens (tertiary/aromatic N) is 1. The van der Waals surface area contributed by atoms with Gasteiger partial charge in [-0.05, 0) is 31.5 Å². The zero-order valence-electron chi connectivity index (χ0n) is 6.83. The topological polar surface area (TPSA) is 28.7 Å². The highest BCUT2D eigenvalue weighted by molar-refractivity contribution is 5.10. The maximum atomic E-state index is 3.94. The third kappa shape index (κ3) is 2.85. The van der Waals surface area contributed by atoms with Crippen molar-refractivity contribution in [1.29, 1.82) is 0 Å². The van der Waals surface area contributed by atoms with E-state index < -0.39 is 0 Å². The molecule has 1 rings (SSSR count). The minimum absolute atomic E-state index is 1.05. The van der Waals surface area contributed by atoms with Gasteiger partial charge in [0, 0.05) is 11.9 Å². The van der Waals surface area contributed by atoms with Crippen LogP contribution in [0.3, 0.4) is 0 Å². The molecule has 58 valence electrons. The van der Waals surface area contributed by atoms with E-state index in [1.165, 1.54) is 5.56 Å². The summed E-state index contributed by atoms with van der Waals surface area (Å²) < 4.78 is 0. The molecular weight excluding hydrogens is 136 g/mol. The Morgan fingerprint density at radius 1 is 1.27 bits per heavy atom. The van der Waals surface area contributed by atoms with Gasteiger partial charge in [0.25, 0.3) is 0 Å². The van der Waals surface area contributed by atoms with Crippen molar-refractivity contribution < 1.29 is 0 Å². The van der Waals surface area contributed by atoms with Crippen LogP contribution in [-0.2, 0) is 0 Å². The predicted octanol–water partition coefficient (Wildman–Crippen LogP) is 2.15. The maximum Gasteiger partial charge on any atom is 0.0472 e. The number of hydrogen-bond acceptors (Lipinski definition) is 1. The van der Waals surface area contributed by atoms with Crippen molar-refractivity contribution in [2.24, 2.45) is 0 Å². The molecule has 0 aliphatic carbocycles. The zero-order valence-corrected chi connectivity index (χ0v) is 6.83. The zero-order chi connectivity index (χ0) is 8.10. The average Bonchev–Trinajstić information content (AvgIpc) is 2.02. The minimum atomic E-state index is 1.05. The summed E-state index contributed by atoms with van der Waals surface area (Å²) in [5.41, 5.74) is 2.27. The Hall–Kier alpha value is -1.31. The van der Waals surface area contributed by atoms with E-state index >= 15 is 0 Å². The number of aromatic nitrogens is 2. The Kier molecular flexibility index (Phi) is 2.66. The van der Waals surface area contributed by atoms with Crippen molar-refractivity contribution in [2.75, 3.05) is 0 Å². The van der Waals surface area contributed by atoms with Gasteiger partial charge in [-0.3, -0.25) is 5.10 Å². The summed E-state index contributed by atoms with van der Waals surface area (Å²) in [5.74, 6) is 0. The second kappa shape index (κ2) is 3.76. The van der Waals surface area contributed by atoms with Crippen molar-refractivity contribution in [3.63, 3.8) is 0 Å². The molecule has 0 radical (unpaired) electrons. The van der Waals surface area contributed by atoms with E-state index in [0.717, 1.165) is 5.69 Å². The first-order valence-electron chi connectivity index (χ1n) is 3.60. The first-order valence-corrected chi connectivity index (χ1v) is 3.60. The van der Waals surface area contributed by atoms with Crippen molar-refractivity contribution in [1.82, 2.24) is 10.2 Å². The molecule has 0 saturated heterocycles. The first kappa shape index (κ1) is 7.79. The minimum Gasteiger partial charge on any atom is -0.283 e. The number of aromatic amines is 1. The molecule has 0 atom stereocenters. The molecule has 0 amide bonds. The molecule has 0 aliphatic heterocycles. The van der Waals surface area contributed by atoms with Crippen LogP contribution in [0.25, 0.3) is 0 Å². The van der Waals surface area contributed by atoms with Gasteiger partial charge < -0.3 is 0 Å². The van der Waals surface area contributed by atoms with E-state index in [-0.39, 0.29) is 0 Å². The molecular formula is C9H12N2. The van der Waals surface area contributed by atoms with Crippen LogP contribution < -0.4 is 0 Å². The maximum absolute atomic E-state index is 3.94. The van der Waals surface area contributed by atoms with E-state index in [2.05, 4.69) is 17.1 Å². The summed E-state index contributed by atoms with van der Waals surface area (Å²) in [4.78, 5) is 0. The standard InChI is InChI=1S/C9H12N2/c1-8-5-3-4-6-10-11-9(2)7-8/h3-7,11H,1-2H3. The van der Waals surface area contributed by atoms with E-state index in [4.69, 9.17) is 0 Å². The summed E-state index contributed by atoms with van der Waals surface area (Å²) in [7, 11) is 0. The second-order valence-corrected chi connectivity index (χ2v) is 2.51. The SMILES string of the molecule is Cc1ccccn[nH]c(C)c1. The van der Waals surface area contributed by atoms with Gasteiger partial charge in [-0.25, -0.2) is 0 Å².